The number of aliphatic hydroxyl groups is 1. The summed E-state index contributed by atoms with van der Waals surface area (Å²) in [6, 6.07) is 3.21. The Hall–Kier alpha value is -0.940. The third-order valence-electron chi connectivity index (χ3n) is 2.75. The lowest BCUT2D eigenvalue weighted by Crippen LogP contribution is -2.25. The molecule has 1 heterocycles. The second-order valence-electron chi connectivity index (χ2n) is 5.41. The molecule has 1 N–H and O–H groups in total. The summed E-state index contributed by atoms with van der Waals surface area (Å²) in [5, 5.41) is 9.81. The summed E-state index contributed by atoms with van der Waals surface area (Å²) in [6.07, 6.45) is -0.741. The molecular formula is C13H16BrFN2O. The fourth-order valence-corrected chi connectivity index (χ4v) is 2.52. The van der Waals surface area contributed by atoms with Crippen molar-refractivity contribution in [2.45, 2.75) is 39.3 Å². The first-order valence-corrected chi connectivity index (χ1v) is 6.57. The van der Waals surface area contributed by atoms with Crippen molar-refractivity contribution in [2.75, 3.05) is 0 Å². The number of halogens is 2. The molecule has 1 aromatic carbocycles. The van der Waals surface area contributed by atoms with Gasteiger partial charge in [-0.15, -0.1) is 0 Å². The third kappa shape index (κ3) is 2.17. The van der Waals surface area contributed by atoms with Crippen molar-refractivity contribution in [3.05, 3.63) is 28.2 Å². The second-order valence-corrected chi connectivity index (χ2v) is 6.32. The molecule has 0 bridgehead atoms. The highest BCUT2D eigenvalue weighted by atomic mass is 79.9. The summed E-state index contributed by atoms with van der Waals surface area (Å²) in [6.45, 7) is 7.63. The number of hydrogen-bond donors (Lipinski definition) is 1. The SMILES string of the molecule is CC(O)c1nc2c(F)cc(Br)cc2n1C(C)(C)C. The van der Waals surface area contributed by atoms with E-state index >= 15 is 0 Å². The number of aliphatic hydroxyl groups excluding tert-OH is 1. The molecule has 2 rings (SSSR count). The summed E-state index contributed by atoms with van der Waals surface area (Å²) >= 11 is 3.29. The van der Waals surface area contributed by atoms with Gasteiger partial charge in [-0.2, -0.15) is 0 Å². The van der Waals surface area contributed by atoms with Crippen molar-refractivity contribution >= 4 is 27.0 Å². The number of fused-ring (bicyclic) bond motifs is 1. The minimum absolute atomic E-state index is 0.283. The lowest BCUT2D eigenvalue weighted by Gasteiger charge is -2.25. The number of rotatable bonds is 1. The Balaban J connectivity index is 2.90. The average Bonchev–Trinajstić information content (AvgIpc) is 2.56. The van der Waals surface area contributed by atoms with Crippen LogP contribution >= 0.6 is 15.9 Å². The van der Waals surface area contributed by atoms with E-state index in [1.165, 1.54) is 6.07 Å². The van der Waals surface area contributed by atoms with Gasteiger partial charge >= 0.3 is 0 Å². The Morgan fingerprint density at radius 1 is 1.39 bits per heavy atom. The van der Waals surface area contributed by atoms with Gasteiger partial charge in [0.05, 0.1) is 5.52 Å². The van der Waals surface area contributed by atoms with Crippen LogP contribution in [-0.2, 0) is 5.54 Å². The molecule has 3 nitrogen and oxygen atoms in total. The van der Waals surface area contributed by atoms with Crippen molar-refractivity contribution in [1.82, 2.24) is 9.55 Å². The summed E-state index contributed by atoms with van der Waals surface area (Å²) < 4.78 is 16.4. The standard InChI is InChI=1S/C13H16BrFN2O/c1-7(18)12-16-11-9(15)5-8(14)6-10(11)17(12)13(2,3)4/h5-7,18H,1-4H3. The first kappa shape index (κ1) is 13.5. The fourth-order valence-electron chi connectivity index (χ4n) is 2.11. The molecule has 98 valence electrons. The predicted octanol–water partition coefficient (Wildman–Crippen LogP) is 3.75. The van der Waals surface area contributed by atoms with Crippen LogP contribution in [0.25, 0.3) is 11.0 Å². The minimum Gasteiger partial charge on any atom is -0.385 e. The van der Waals surface area contributed by atoms with Gasteiger partial charge in [0.2, 0.25) is 0 Å². The molecule has 1 unspecified atom stereocenters. The van der Waals surface area contributed by atoms with Gasteiger partial charge in [0.1, 0.15) is 17.4 Å². The van der Waals surface area contributed by atoms with Crippen LogP contribution in [0.4, 0.5) is 4.39 Å². The van der Waals surface area contributed by atoms with E-state index in [1.807, 2.05) is 31.4 Å². The lowest BCUT2D eigenvalue weighted by molar-refractivity contribution is 0.176. The number of imidazole rings is 1. The van der Waals surface area contributed by atoms with E-state index in [1.54, 1.807) is 6.92 Å². The normalized spacial score (nSPS) is 14.2. The molecule has 1 atom stereocenters. The number of nitrogens with zero attached hydrogens (tertiary/aromatic N) is 2. The third-order valence-corrected chi connectivity index (χ3v) is 3.21. The molecule has 0 saturated heterocycles. The molecule has 0 spiro atoms. The monoisotopic (exact) mass is 314 g/mol. The topological polar surface area (TPSA) is 38.1 Å². The molecule has 18 heavy (non-hydrogen) atoms. The molecule has 0 aliphatic heterocycles. The molecule has 0 aliphatic carbocycles. The highest BCUT2D eigenvalue weighted by Crippen LogP contribution is 2.31. The molecule has 5 heteroatoms. The maximum absolute atomic E-state index is 13.9. The molecule has 0 saturated carbocycles. The van der Waals surface area contributed by atoms with Crippen LogP contribution in [0.3, 0.4) is 0 Å². The highest BCUT2D eigenvalue weighted by molar-refractivity contribution is 9.10. The van der Waals surface area contributed by atoms with Gasteiger partial charge in [-0.1, -0.05) is 15.9 Å². The van der Waals surface area contributed by atoms with Crippen molar-refractivity contribution < 1.29 is 9.50 Å². The molecule has 0 radical (unpaired) electrons. The van der Waals surface area contributed by atoms with E-state index in [0.717, 1.165) is 0 Å². The van der Waals surface area contributed by atoms with Crippen molar-refractivity contribution in [2.24, 2.45) is 0 Å². The molecule has 0 fully saturated rings. The number of hydrogen-bond acceptors (Lipinski definition) is 2. The molecule has 0 aliphatic rings. The van der Waals surface area contributed by atoms with Crippen LogP contribution in [0.2, 0.25) is 0 Å². The van der Waals surface area contributed by atoms with E-state index < -0.39 is 6.10 Å². The fraction of sp³-hybridized carbons (Fsp3) is 0.462. The molecular weight excluding hydrogens is 299 g/mol. The van der Waals surface area contributed by atoms with Crippen LogP contribution < -0.4 is 0 Å². The first-order valence-electron chi connectivity index (χ1n) is 5.77. The van der Waals surface area contributed by atoms with Crippen molar-refractivity contribution in [3.63, 3.8) is 0 Å². The van der Waals surface area contributed by atoms with E-state index in [4.69, 9.17) is 0 Å². The summed E-state index contributed by atoms with van der Waals surface area (Å²) in [4.78, 5) is 4.24. The smallest absolute Gasteiger partial charge is 0.152 e. The van der Waals surface area contributed by atoms with Gasteiger partial charge in [0.25, 0.3) is 0 Å². The van der Waals surface area contributed by atoms with Crippen molar-refractivity contribution in [1.29, 1.82) is 0 Å². The van der Waals surface area contributed by atoms with E-state index in [-0.39, 0.29) is 11.4 Å². The Labute approximate surface area is 114 Å². The molecule has 2 aromatic rings. The lowest BCUT2D eigenvalue weighted by atomic mass is 10.1. The van der Waals surface area contributed by atoms with E-state index in [9.17, 15) is 9.50 Å². The van der Waals surface area contributed by atoms with Crippen LogP contribution in [0.15, 0.2) is 16.6 Å². The Morgan fingerprint density at radius 3 is 2.50 bits per heavy atom. The summed E-state index contributed by atoms with van der Waals surface area (Å²) in [5.74, 6) is 0.0961. The van der Waals surface area contributed by atoms with Gasteiger partial charge in [-0.3, -0.25) is 0 Å². The van der Waals surface area contributed by atoms with Crippen LogP contribution in [0, 0.1) is 5.82 Å². The molecule has 1 aromatic heterocycles. The van der Waals surface area contributed by atoms with E-state index in [0.29, 0.717) is 21.3 Å². The van der Waals surface area contributed by atoms with Gasteiger partial charge in [-0.25, -0.2) is 9.37 Å². The van der Waals surface area contributed by atoms with Crippen LogP contribution in [0.1, 0.15) is 39.6 Å². The van der Waals surface area contributed by atoms with Gasteiger partial charge in [0, 0.05) is 10.0 Å². The Kier molecular flexibility index (Phi) is 3.23. The maximum Gasteiger partial charge on any atom is 0.152 e. The zero-order valence-corrected chi connectivity index (χ0v) is 12.4. The summed E-state index contributed by atoms with van der Waals surface area (Å²) in [5.41, 5.74) is 0.697. The first-order chi connectivity index (χ1) is 8.21. The van der Waals surface area contributed by atoms with Gasteiger partial charge in [-0.05, 0) is 39.8 Å². The summed E-state index contributed by atoms with van der Waals surface area (Å²) in [7, 11) is 0. The molecule has 0 amide bonds. The van der Waals surface area contributed by atoms with Gasteiger partial charge in [0.15, 0.2) is 5.82 Å². The second kappa shape index (κ2) is 4.31. The Bertz CT molecular complexity index is 599. The predicted molar refractivity (Wildman–Crippen MR) is 73.0 cm³/mol. The Morgan fingerprint density at radius 2 is 2.00 bits per heavy atom. The minimum atomic E-state index is -0.741. The number of aromatic nitrogens is 2. The average molecular weight is 315 g/mol. The van der Waals surface area contributed by atoms with Gasteiger partial charge < -0.3 is 9.67 Å². The van der Waals surface area contributed by atoms with Crippen molar-refractivity contribution in [3.8, 4) is 0 Å². The zero-order chi connectivity index (χ0) is 13.7. The largest absolute Gasteiger partial charge is 0.385 e. The zero-order valence-electron chi connectivity index (χ0n) is 10.8. The number of benzene rings is 1. The van der Waals surface area contributed by atoms with Crippen LogP contribution in [0.5, 0.6) is 0 Å². The quantitative estimate of drug-likeness (QED) is 0.870. The van der Waals surface area contributed by atoms with E-state index in [2.05, 4.69) is 20.9 Å². The highest BCUT2D eigenvalue weighted by Gasteiger charge is 2.25. The maximum atomic E-state index is 13.9. The van der Waals surface area contributed by atoms with Crippen LogP contribution in [-0.4, -0.2) is 14.7 Å².